The van der Waals surface area contributed by atoms with Crippen molar-refractivity contribution >= 4 is 17.9 Å². The van der Waals surface area contributed by atoms with E-state index in [1.807, 2.05) is 4.90 Å². The van der Waals surface area contributed by atoms with Crippen molar-refractivity contribution in [2.75, 3.05) is 40.4 Å². The number of aliphatic hydroxyl groups excluding tert-OH is 1. The minimum absolute atomic E-state index is 0.0594. The second-order valence-corrected chi connectivity index (χ2v) is 8.03. The van der Waals surface area contributed by atoms with Crippen molar-refractivity contribution < 1.29 is 24.2 Å². The van der Waals surface area contributed by atoms with Gasteiger partial charge in [0, 0.05) is 20.1 Å². The number of imide groups is 1. The van der Waals surface area contributed by atoms with Gasteiger partial charge in [0.05, 0.1) is 13.7 Å². The summed E-state index contributed by atoms with van der Waals surface area (Å²) in [4.78, 5) is 34.9. The van der Waals surface area contributed by atoms with E-state index in [9.17, 15) is 14.7 Å². The molecule has 0 aliphatic carbocycles. The summed E-state index contributed by atoms with van der Waals surface area (Å²) in [6.07, 6.45) is 1.80. The molecule has 0 bridgehead atoms. The standard InChI is InChI=1S/C21H29N5O5/c1-24-18-17(19(28)23-21(24)29)26(20(22-18)25-10-4-3-5-11-25)12-14(27)13-31-16-8-6-15(30-2)7-9-16/h6-9,14,17-18,27H,3-5,10-13H2,1-2H3,(H,23,28,29). The first-order valence-corrected chi connectivity index (χ1v) is 10.6. The molecule has 31 heavy (non-hydrogen) atoms. The number of β-amino-alcohol motifs (C(OH)–C–C–N with tert-alkyl or cyclic N) is 1. The maximum atomic E-state index is 12.7. The summed E-state index contributed by atoms with van der Waals surface area (Å²) >= 11 is 0. The highest BCUT2D eigenvalue weighted by molar-refractivity contribution is 6.03. The van der Waals surface area contributed by atoms with E-state index < -0.39 is 30.2 Å². The van der Waals surface area contributed by atoms with E-state index in [-0.39, 0.29) is 13.2 Å². The van der Waals surface area contributed by atoms with Crippen LogP contribution in [0.5, 0.6) is 11.5 Å². The SMILES string of the molecule is COc1ccc(OCC(O)CN2C(N3CCCCC3)=NC3C2C(=O)NC(=O)N3C)cc1. The number of aliphatic imine (C=N–C) groups is 1. The van der Waals surface area contributed by atoms with Crippen LogP contribution in [0.1, 0.15) is 19.3 Å². The molecule has 10 nitrogen and oxygen atoms in total. The van der Waals surface area contributed by atoms with E-state index in [1.54, 1.807) is 38.4 Å². The fourth-order valence-corrected chi connectivity index (χ4v) is 4.21. The zero-order chi connectivity index (χ0) is 22.0. The Kier molecular flexibility index (Phi) is 6.17. The number of piperidine rings is 1. The third-order valence-electron chi connectivity index (χ3n) is 5.89. The van der Waals surface area contributed by atoms with E-state index >= 15 is 0 Å². The van der Waals surface area contributed by atoms with Crippen LogP contribution in [-0.4, -0.2) is 96.4 Å². The smallest absolute Gasteiger partial charge is 0.325 e. The summed E-state index contributed by atoms with van der Waals surface area (Å²) in [6.45, 7) is 1.91. The Balaban J connectivity index is 1.47. The van der Waals surface area contributed by atoms with Crippen LogP contribution in [0.4, 0.5) is 4.79 Å². The van der Waals surface area contributed by atoms with Gasteiger partial charge < -0.3 is 29.3 Å². The van der Waals surface area contributed by atoms with Gasteiger partial charge in [0.25, 0.3) is 5.91 Å². The Morgan fingerprint density at radius 2 is 1.84 bits per heavy atom. The van der Waals surface area contributed by atoms with Gasteiger partial charge in [-0.05, 0) is 43.5 Å². The number of ether oxygens (including phenoxy) is 2. The highest BCUT2D eigenvalue weighted by Crippen LogP contribution is 2.27. The molecule has 2 saturated heterocycles. The van der Waals surface area contributed by atoms with Crippen molar-refractivity contribution in [1.82, 2.24) is 20.0 Å². The van der Waals surface area contributed by atoms with Crippen molar-refractivity contribution in [1.29, 1.82) is 0 Å². The summed E-state index contributed by atoms with van der Waals surface area (Å²) in [7, 11) is 3.22. The molecular weight excluding hydrogens is 402 g/mol. The third-order valence-corrected chi connectivity index (χ3v) is 5.89. The number of amides is 3. The van der Waals surface area contributed by atoms with Gasteiger partial charge in [-0.15, -0.1) is 0 Å². The molecule has 3 heterocycles. The van der Waals surface area contributed by atoms with Crippen LogP contribution < -0.4 is 14.8 Å². The Bertz CT molecular complexity index is 839. The van der Waals surface area contributed by atoms with Crippen LogP contribution in [0.3, 0.4) is 0 Å². The Labute approximate surface area is 181 Å². The summed E-state index contributed by atoms with van der Waals surface area (Å²) in [5.41, 5.74) is 0. The number of guanidine groups is 1. The molecule has 0 spiro atoms. The number of fused-ring (bicyclic) bond motifs is 1. The second-order valence-electron chi connectivity index (χ2n) is 8.03. The summed E-state index contributed by atoms with van der Waals surface area (Å²) in [5, 5.41) is 13.1. The van der Waals surface area contributed by atoms with Crippen LogP contribution in [0, 0.1) is 0 Å². The molecule has 4 rings (SSSR count). The molecule has 3 amide bonds. The lowest BCUT2D eigenvalue weighted by molar-refractivity contribution is -0.127. The molecule has 2 fully saturated rings. The topological polar surface area (TPSA) is 107 Å². The number of carbonyl (C=O) groups excluding carboxylic acids is 2. The quantitative estimate of drug-likeness (QED) is 0.674. The van der Waals surface area contributed by atoms with Gasteiger partial charge in [-0.3, -0.25) is 10.1 Å². The van der Waals surface area contributed by atoms with E-state index in [1.165, 1.54) is 4.90 Å². The number of benzene rings is 1. The molecular formula is C21H29N5O5. The van der Waals surface area contributed by atoms with Crippen LogP contribution in [-0.2, 0) is 4.79 Å². The number of nitrogens with zero attached hydrogens (tertiary/aromatic N) is 4. The highest BCUT2D eigenvalue weighted by atomic mass is 16.5. The van der Waals surface area contributed by atoms with Crippen LogP contribution in [0.2, 0.25) is 0 Å². The summed E-state index contributed by atoms with van der Waals surface area (Å²) in [6, 6.07) is 5.98. The van der Waals surface area contributed by atoms with Crippen molar-refractivity contribution in [3.8, 4) is 11.5 Å². The van der Waals surface area contributed by atoms with Gasteiger partial charge in [0.2, 0.25) is 0 Å². The van der Waals surface area contributed by atoms with E-state index in [0.717, 1.165) is 38.1 Å². The minimum Gasteiger partial charge on any atom is -0.497 e. The van der Waals surface area contributed by atoms with Gasteiger partial charge >= 0.3 is 6.03 Å². The lowest BCUT2D eigenvalue weighted by Crippen LogP contribution is -2.65. The summed E-state index contributed by atoms with van der Waals surface area (Å²) < 4.78 is 10.8. The molecule has 3 aliphatic rings. The first-order valence-electron chi connectivity index (χ1n) is 10.6. The molecule has 0 saturated carbocycles. The first-order chi connectivity index (χ1) is 15.0. The van der Waals surface area contributed by atoms with Crippen LogP contribution in [0.25, 0.3) is 0 Å². The average molecular weight is 431 g/mol. The first kappa shape index (κ1) is 21.2. The lowest BCUT2D eigenvalue weighted by Gasteiger charge is -2.39. The normalized spacial score (nSPS) is 24.5. The average Bonchev–Trinajstić information content (AvgIpc) is 3.17. The molecule has 1 aromatic rings. The largest absolute Gasteiger partial charge is 0.497 e. The van der Waals surface area contributed by atoms with Gasteiger partial charge in [-0.2, -0.15) is 0 Å². The number of likely N-dealkylation sites (N-methyl/N-ethyl adjacent to an activating group) is 1. The number of rotatable bonds is 6. The zero-order valence-corrected chi connectivity index (χ0v) is 17.9. The number of methoxy groups -OCH3 is 1. The van der Waals surface area contributed by atoms with Crippen molar-refractivity contribution in [3.63, 3.8) is 0 Å². The second kappa shape index (κ2) is 9.01. The van der Waals surface area contributed by atoms with Crippen molar-refractivity contribution in [2.24, 2.45) is 4.99 Å². The number of hydrogen-bond donors (Lipinski definition) is 2. The zero-order valence-electron chi connectivity index (χ0n) is 17.9. The number of urea groups is 1. The molecule has 1 aromatic carbocycles. The monoisotopic (exact) mass is 431 g/mol. The predicted molar refractivity (Wildman–Crippen MR) is 113 cm³/mol. The van der Waals surface area contributed by atoms with Crippen LogP contribution in [0.15, 0.2) is 29.3 Å². The molecule has 2 N–H and O–H groups in total. The number of hydrogen-bond acceptors (Lipinski definition) is 8. The van der Waals surface area contributed by atoms with Crippen molar-refractivity contribution in [2.45, 2.75) is 37.6 Å². The maximum absolute atomic E-state index is 12.7. The fraction of sp³-hybridized carbons (Fsp3) is 0.571. The number of carbonyl (C=O) groups is 2. The van der Waals surface area contributed by atoms with Gasteiger partial charge in [-0.25, -0.2) is 9.79 Å². The molecule has 0 aromatic heterocycles. The van der Waals surface area contributed by atoms with Gasteiger partial charge in [0.15, 0.2) is 18.2 Å². The van der Waals surface area contributed by atoms with E-state index in [4.69, 9.17) is 14.5 Å². The van der Waals surface area contributed by atoms with E-state index in [2.05, 4.69) is 10.2 Å². The molecule has 3 aliphatic heterocycles. The minimum atomic E-state index is -0.855. The van der Waals surface area contributed by atoms with Gasteiger partial charge in [0.1, 0.15) is 24.2 Å². The number of likely N-dealkylation sites (tertiary alicyclic amines) is 1. The van der Waals surface area contributed by atoms with Crippen molar-refractivity contribution in [3.05, 3.63) is 24.3 Å². The van der Waals surface area contributed by atoms with Gasteiger partial charge in [-0.1, -0.05) is 0 Å². The molecule has 168 valence electrons. The molecule has 0 radical (unpaired) electrons. The molecule has 3 unspecified atom stereocenters. The molecule has 3 atom stereocenters. The molecule has 10 heteroatoms. The lowest BCUT2D eigenvalue weighted by atomic mass is 10.1. The predicted octanol–water partition coefficient (Wildman–Crippen LogP) is 0.469. The third kappa shape index (κ3) is 4.39. The van der Waals surface area contributed by atoms with Crippen LogP contribution >= 0.6 is 0 Å². The Morgan fingerprint density at radius 3 is 2.52 bits per heavy atom. The maximum Gasteiger partial charge on any atom is 0.325 e. The Hall–Kier alpha value is -3.01. The number of aliphatic hydroxyl groups is 1. The number of nitrogens with one attached hydrogen (secondary N) is 1. The fourth-order valence-electron chi connectivity index (χ4n) is 4.21. The highest BCUT2D eigenvalue weighted by Gasteiger charge is 2.50. The Morgan fingerprint density at radius 1 is 1.16 bits per heavy atom. The summed E-state index contributed by atoms with van der Waals surface area (Å²) in [5.74, 6) is 1.60. The van der Waals surface area contributed by atoms with E-state index in [0.29, 0.717) is 11.7 Å².